The molecule has 0 amide bonds. The number of benzene rings is 1. The van der Waals surface area contributed by atoms with Gasteiger partial charge in [0.15, 0.2) is 11.6 Å². The van der Waals surface area contributed by atoms with Gasteiger partial charge in [0.25, 0.3) is 0 Å². The summed E-state index contributed by atoms with van der Waals surface area (Å²) in [6.45, 7) is 5.74. The first-order chi connectivity index (χ1) is 15.4. The predicted octanol–water partition coefficient (Wildman–Crippen LogP) is 4.41. The Morgan fingerprint density at radius 3 is 2.72 bits per heavy atom. The molecule has 0 bridgehead atoms. The van der Waals surface area contributed by atoms with Gasteiger partial charge in [-0.3, -0.25) is 0 Å². The van der Waals surface area contributed by atoms with Gasteiger partial charge in [0.05, 0.1) is 19.9 Å². The zero-order valence-corrected chi connectivity index (χ0v) is 18.8. The number of esters is 1. The lowest BCUT2D eigenvalue weighted by molar-refractivity contribution is 0.0527. The Hall–Kier alpha value is -3.72. The van der Waals surface area contributed by atoms with Crippen LogP contribution < -0.4 is 10.1 Å². The second-order valence-corrected chi connectivity index (χ2v) is 7.32. The summed E-state index contributed by atoms with van der Waals surface area (Å²) in [5, 5.41) is 8.58. The van der Waals surface area contributed by atoms with Crippen LogP contribution in [0.3, 0.4) is 0 Å². The lowest BCUT2D eigenvalue weighted by Gasteiger charge is -2.14. The number of carbonyl (C=O) groups is 1. The minimum absolute atomic E-state index is 0.0839. The van der Waals surface area contributed by atoms with Gasteiger partial charge in [0, 0.05) is 17.1 Å². The van der Waals surface area contributed by atoms with Crippen LogP contribution in [-0.2, 0) is 4.74 Å². The number of pyridine rings is 1. The summed E-state index contributed by atoms with van der Waals surface area (Å²) in [5.41, 5.74) is 2.56. The van der Waals surface area contributed by atoms with E-state index in [0.29, 0.717) is 34.4 Å². The third kappa shape index (κ3) is 4.06. The molecule has 4 aromatic rings. The summed E-state index contributed by atoms with van der Waals surface area (Å²) in [6.07, 6.45) is 1.43. The zero-order chi connectivity index (χ0) is 22.8. The number of aromatic nitrogens is 5. The summed E-state index contributed by atoms with van der Waals surface area (Å²) in [7, 11) is 1.60. The smallest absolute Gasteiger partial charge is 0.343 e. The van der Waals surface area contributed by atoms with E-state index in [4.69, 9.17) is 26.1 Å². The molecule has 164 valence electrons. The number of anilines is 2. The minimum Gasteiger partial charge on any atom is -0.494 e. The number of rotatable bonds is 6. The maximum absolute atomic E-state index is 12.6. The highest BCUT2D eigenvalue weighted by atomic mass is 35.5. The van der Waals surface area contributed by atoms with Crippen LogP contribution in [0.25, 0.3) is 16.7 Å². The third-order valence-electron chi connectivity index (χ3n) is 4.77. The van der Waals surface area contributed by atoms with Gasteiger partial charge in [-0.25, -0.2) is 19.7 Å². The highest BCUT2D eigenvalue weighted by Crippen LogP contribution is 2.30. The van der Waals surface area contributed by atoms with Gasteiger partial charge in [-0.15, -0.1) is 0 Å². The van der Waals surface area contributed by atoms with Crippen LogP contribution in [-0.4, -0.2) is 44.4 Å². The van der Waals surface area contributed by atoms with Gasteiger partial charge in [0.1, 0.15) is 22.6 Å². The third-order valence-corrected chi connectivity index (χ3v) is 4.94. The molecule has 0 saturated heterocycles. The van der Waals surface area contributed by atoms with Gasteiger partial charge in [-0.1, -0.05) is 12.1 Å². The Bertz CT molecular complexity index is 1300. The van der Waals surface area contributed by atoms with Crippen LogP contribution in [0.1, 0.15) is 28.5 Å². The highest BCUT2D eigenvalue weighted by Gasteiger charge is 2.22. The molecule has 10 heteroatoms. The molecule has 1 N–H and O–H groups in total. The Labute approximate surface area is 189 Å². The molecule has 0 spiro atoms. The van der Waals surface area contributed by atoms with Crippen LogP contribution >= 0.6 is 11.6 Å². The number of halogens is 1. The Kier molecular flexibility index (Phi) is 5.91. The molecule has 0 radical (unpaired) electrons. The van der Waals surface area contributed by atoms with Crippen molar-refractivity contribution in [2.24, 2.45) is 0 Å². The molecular weight excluding hydrogens is 432 g/mol. The van der Waals surface area contributed by atoms with Crippen molar-refractivity contribution in [3.05, 3.63) is 58.6 Å². The summed E-state index contributed by atoms with van der Waals surface area (Å²) < 4.78 is 12.2. The van der Waals surface area contributed by atoms with E-state index in [1.54, 1.807) is 27.0 Å². The summed E-state index contributed by atoms with van der Waals surface area (Å²) in [6, 6.07) is 9.32. The number of aryl methyl sites for hydroxylation is 2. The van der Waals surface area contributed by atoms with Gasteiger partial charge < -0.3 is 14.8 Å². The molecule has 0 atom stereocenters. The van der Waals surface area contributed by atoms with Crippen molar-refractivity contribution in [1.29, 1.82) is 0 Å². The van der Waals surface area contributed by atoms with Crippen LogP contribution in [0, 0.1) is 13.8 Å². The number of ether oxygens (including phenoxy) is 2. The van der Waals surface area contributed by atoms with Gasteiger partial charge >= 0.3 is 5.97 Å². The topological polar surface area (TPSA) is 104 Å². The Balaban J connectivity index is 1.90. The van der Waals surface area contributed by atoms with E-state index >= 15 is 0 Å². The SMILES string of the molecule is CCOC(=O)c1cnn(-c2cc(C)c3cccc(OC)c3n2)c1Nc1cc(C)nc(Cl)n1. The molecular formula is C22H21ClN6O3. The number of hydrogen-bond acceptors (Lipinski definition) is 8. The number of nitrogens with one attached hydrogen (secondary N) is 1. The van der Waals surface area contributed by atoms with E-state index in [-0.39, 0.29) is 17.5 Å². The first-order valence-electron chi connectivity index (χ1n) is 9.89. The lowest BCUT2D eigenvalue weighted by Crippen LogP contribution is -2.11. The summed E-state index contributed by atoms with van der Waals surface area (Å²) in [5.74, 6) is 1.37. The van der Waals surface area contributed by atoms with Crippen molar-refractivity contribution in [2.45, 2.75) is 20.8 Å². The van der Waals surface area contributed by atoms with Gasteiger partial charge in [-0.05, 0) is 50.1 Å². The first-order valence-corrected chi connectivity index (χ1v) is 10.3. The van der Waals surface area contributed by atoms with Crippen molar-refractivity contribution in [2.75, 3.05) is 19.0 Å². The monoisotopic (exact) mass is 452 g/mol. The average Bonchev–Trinajstić information content (AvgIpc) is 3.16. The van der Waals surface area contributed by atoms with Crippen LogP contribution in [0.15, 0.2) is 36.5 Å². The second kappa shape index (κ2) is 8.80. The number of nitrogens with zero attached hydrogens (tertiary/aromatic N) is 5. The van der Waals surface area contributed by atoms with Crippen molar-refractivity contribution >= 4 is 40.1 Å². The number of para-hydroxylation sites is 1. The molecule has 1 aromatic carbocycles. The quantitative estimate of drug-likeness (QED) is 0.339. The number of methoxy groups -OCH3 is 1. The molecule has 9 nitrogen and oxygen atoms in total. The molecule has 3 heterocycles. The fraction of sp³-hybridized carbons (Fsp3) is 0.227. The second-order valence-electron chi connectivity index (χ2n) is 6.98. The maximum Gasteiger partial charge on any atom is 0.343 e. The molecule has 0 saturated carbocycles. The van der Waals surface area contributed by atoms with E-state index in [2.05, 4.69) is 20.4 Å². The highest BCUT2D eigenvalue weighted by molar-refractivity contribution is 6.28. The number of hydrogen-bond donors (Lipinski definition) is 1. The van der Waals surface area contributed by atoms with Crippen molar-refractivity contribution < 1.29 is 14.3 Å². The molecule has 3 aromatic heterocycles. The molecule has 4 rings (SSSR count). The molecule has 0 unspecified atom stereocenters. The fourth-order valence-electron chi connectivity index (χ4n) is 3.37. The Morgan fingerprint density at radius 1 is 1.19 bits per heavy atom. The lowest BCUT2D eigenvalue weighted by atomic mass is 10.1. The van der Waals surface area contributed by atoms with E-state index in [0.717, 1.165) is 10.9 Å². The number of fused-ring (bicyclic) bond motifs is 1. The minimum atomic E-state index is -0.520. The van der Waals surface area contributed by atoms with Crippen LogP contribution in [0.4, 0.5) is 11.6 Å². The Morgan fingerprint density at radius 2 is 2.00 bits per heavy atom. The van der Waals surface area contributed by atoms with Crippen molar-refractivity contribution in [3.63, 3.8) is 0 Å². The van der Waals surface area contributed by atoms with Gasteiger partial charge in [0.2, 0.25) is 5.28 Å². The standard InChI is InChI=1S/C22H21ClN6O3/c1-5-32-21(30)15-11-24-29(20(15)26-17-10-13(3)25-22(23)27-17)18-9-12(2)14-7-6-8-16(31-4)19(14)28-18/h6-11H,5H2,1-4H3,(H,25,26,27). The molecule has 0 aliphatic carbocycles. The first kappa shape index (κ1) is 21.5. The number of carbonyl (C=O) groups excluding carboxylic acids is 1. The average molecular weight is 453 g/mol. The van der Waals surface area contributed by atoms with Crippen LogP contribution in [0.5, 0.6) is 5.75 Å². The summed E-state index contributed by atoms with van der Waals surface area (Å²) in [4.78, 5) is 25.6. The van der Waals surface area contributed by atoms with E-state index in [1.165, 1.54) is 10.9 Å². The van der Waals surface area contributed by atoms with Crippen molar-refractivity contribution in [1.82, 2.24) is 24.7 Å². The normalized spacial score (nSPS) is 10.9. The zero-order valence-electron chi connectivity index (χ0n) is 18.0. The van der Waals surface area contributed by atoms with Gasteiger partial charge in [-0.2, -0.15) is 9.78 Å². The maximum atomic E-state index is 12.6. The molecule has 32 heavy (non-hydrogen) atoms. The van der Waals surface area contributed by atoms with E-state index < -0.39 is 5.97 Å². The molecule has 0 aliphatic rings. The molecule has 0 fully saturated rings. The van der Waals surface area contributed by atoms with Crippen LogP contribution in [0.2, 0.25) is 5.28 Å². The predicted molar refractivity (Wildman–Crippen MR) is 121 cm³/mol. The van der Waals surface area contributed by atoms with E-state index in [1.807, 2.05) is 31.2 Å². The summed E-state index contributed by atoms with van der Waals surface area (Å²) >= 11 is 6.02. The van der Waals surface area contributed by atoms with Crippen molar-refractivity contribution in [3.8, 4) is 11.6 Å². The van der Waals surface area contributed by atoms with E-state index in [9.17, 15) is 4.79 Å². The molecule has 0 aliphatic heterocycles. The largest absolute Gasteiger partial charge is 0.494 e. The fourth-order valence-corrected chi connectivity index (χ4v) is 3.59.